The Morgan fingerprint density at radius 1 is 1.00 bits per heavy atom. The third-order valence-corrected chi connectivity index (χ3v) is 6.32. The number of nitrogens with zero attached hydrogens (tertiary/aromatic N) is 2. The van der Waals surface area contributed by atoms with E-state index in [0.717, 1.165) is 16.0 Å². The van der Waals surface area contributed by atoms with Gasteiger partial charge in [0, 0.05) is 6.20 Å². The first-order valence-corrected chi connectivity index (χ1v) is 9.67. The van der Waals surface area contributed by atoms with Gasteiger partial charge in [-0.05, 0) is 29.3 Å². The Bertz CT molecular complexity index is 1080. The first-order valence-electron chi connectivity index (χ1n) is 9.29. The molecule has 2 saturated heterocycles. The monoisotopic (exact) mass is 408 g/mol. The van der Waals surface area contributed by atoms with Gasteiger partial charge >= 0.3 is 5.97 Å². The van der Waals surface area contributed by atoms with E-state index in [1.54, 1.807) is 35.4 Å². The number of hydrogen-bond donors (Lipinski definition) is 0. The Morgan fingerprint density at radius 3 is 2.45 bits per heavy atom. The molecule has 146 valence electrons. The van der Waals surface area contributed by atoms with Gasteiger partial charge in [-0.2, -0.15) is 0 Å². The number of amides is 2. The Kier molecular flexibility index (Phi) is 3.99. The maximum absolute atomic E-state index is 13.5. The van der Waals surface area contributed by atoms with Crippen molar-refractivity contribution >= 4 is 41.1 Å². The molecular weight excluding hydrogens is 392 g/mol. The Hall–Kier alpha value is -3.12. The summed E-state index contributed by atoms with van der Waals surface area (Å²) >= 11 is 6.28. The minimum atomic E-state index is -0.872. The number of imide groups is 1. The van der Waals surface area contributed by atoms with E-state index in [0.29, 0.717) is 10.7 Å². The van der Waals surface area contributed by atoms with E-state index in [9.17, 15) is 14.4 Å². The van der Waals surface area contributed by atoms with E-state index in [1.807, 2.05) is 30.3 Å². The van der Waals surface area contributed by atoms with Crippen LogP contribution < -0.4 is 4.90 Å². The summed E-state index contributed by atoms with van der Waals surface area (Å²) in [5.41, 5.74) is 2.22. The highest BCUT2D eigenvalue weighted by Gasteiger charge is 2.65. The van der Waals surface area contributed by atoms with Gasteiger partial charge in [0.05, 0.1) is 35.7 Å². The van der Waals surface area contributed by atoms with Crippen molar-refractivity contribution in [3.63, 3.8) is 0 Å². The average Bonchev–Trinajstić information content (AvgIpc) is 3.21. The molecule has 0 unspecified atom stereocenters. The number of rotatable bonds is 2. The number of esters is 1. The van der Waals surface area contributed by atoms with E-state index in [4.69, 9.17) is 16.3 Å². The molecule has 2 aromatic rings. The third-order valence-electron chi connectivity index (χ3n) is 6.00. The van der Waals surface area contributed by atoms with Crippen LogP contribution >= 0.6 is 11.6 Å². The summed E-state index contributed by atoms with van der Waals surface area (Å²) in [5.74, 6) is -2.85. The molecule has 5 rings (SSSR count). The molecule has 0 spiro atoms. The summed E-state index contributed by atoms with van der Waals surface area (Å²) in [5, 5.41) is 0.310. The van der Waals surface area contributed by atoms with Crippen LogP contribution in [0.2, 0.25) is 5.02 Å². The summed E-state index contributed by atoms with van der Waals surface area (Å²) in [4.78, 5) is 42.5. The predicted molar refractivity (Wildman–Crippen MR) is 107 cm³/mol. The fourth-order valence-electron chi connectivity index (χ4n) is 4.82. The Morgan fingerprint density at radius 2 is 1.69 bits per heavy atom. The van der Waals surface area contributed by atoms with Gasteiger partial charge in [-0.25, -0.2) is 9.69 Å². The molecule has 3 aliphatic heterocycles. The van der Waals surface area contributed by atoms with Crippen molar-refractivity contribution in [3.05, 3.63) is 70.9 Å². The highest BCUT2D eigenvalue weighted by Crippen LogP contribution is 2.53. The van der Waals surface area contributed by atoms with Crippen LogP contribution in [0.5, 0.6) is 0 Å². The number of carbonyl (C=O) groups is 3. The molecule has 0 radical (unpaired) electrons. The molecule has 0 saturated carbocycles. The van der Waals surface area contributed by atoms with Crippen LogP contribution in [-0.2, 0) is 19.1 Å². The fourth-order valence-corrected chi connectivity index (χ4v) is 5.04. The number of para-hydroxylation sites is 1. The van der Waals surface area contributed by atoms with Gasteiger partial charge in [0.1, 0.15) is 6.04 Å². The van der Waals surface area contributed by atoms with Crippen molar-refractivity contribution in [2.24, 2.45) is 11.8 Å². The van der Waals surface area contributed by atoms with Crippen LogP contribution in [0.1, 0.15) is 17.2 Å². The zero-order chi connectivity index (χ0) is 20.3. The molecule has 29 heavy (non-hydrogen) atoms. The van der Waals surface area contributed by atoms with Crippen LogP contribution in [0.4, 0.5) is 5.69 Å². The van der Waals surface area contributed by atoms with Crippen molar-refractivity contribution in [2.45, 2.75) is 12.1 Å². The summed E-state index contributed by atoms with van der Waals surface area (Å²) in [6.45, 7) is 0. The molecular formula is C22H17ClN2O4. The van der Waals surface area contributed by atoms with Gasteiger partial charge in [0.25, 0.3) is 0 Å². The van der Waals surface area contributed by atoms with Crippen molar-refractivity contribution < 1.29 is 19.1 Å². The second-order valence-corrected chi connectivity index (χ2v) is 7.73. The SMILES string of the molecule is COC(=O)[C@@H]1[C@@H]2C(=O)N(c3ccccc3Cl)C(=O)[C@@H]2[C@@H]2c3ccccc3C=CN12. The molecule has 2 amide bonds. The van der Waals surface area contributed by atoms with Gasteiger partial charge in [-0.3, -0.25) is 9.59 Å². The van der Waals surface area contributed by atoms with Crippen molar-refractivity contribution in [1.82, 2.24) is 4.90 Å². The number of halogens is 1. The van der Waals surface area contributed by atoms with Crippen LogP contribution in [-0.4, -0.2) is 35.8 Å². The molecule has 2 aromatic carbocycles. The number of fused-ring (bicyclic) bond motifs is 5. The molecule has 0 N–H and O–H groups in total. The smallest absolute Gasteiger partial charge is 0.329 e. The highest BCUT2D eigenvalue weighted by atomic mass is 35.5. The van der Waals surface area contributed by atoms with E-state index < -0.39 is 35.8 Å². The lowest BCUT2D eigenvalue weighted by Crippen LogP contribution is -2.44. The number of ether oxygens (including phenoxy) is 1. The van der Waals surface area contributed by atoms with Crippen LogP contribution in [0.15, 0.2) is 54.7 Å². The zero-order valence-electron chi connectivity index (χ0n) is 15.5. The van der Waals surface area contributed by atoms with E-state index in [2.05, 4.69) is 0 Å². The Labute approximate surface area is 172 Å². The van der Waals surface area contributed by atoms with Crippen molar-refractivity contribution in [3.8, 4) is 0 Å². The first kappa shape index (κ1) is 17.9. The molecule has 6 nitrogen and oxygen atoms in total. The number of benzene rings is 2. The van der Waals surface area contributed by atoms with Gasteiger partial charge in [0.2, 0.25) is 11.8 Å². The molecule has 0 aromatic heterocycles. The minimum Gasteiger partial charge on any atom is -0.467 e. The average molecular weight is 409 g/mol. The minimum absolute atomic E-state index is 0.310. The number of hydrogen-bond acceptors (Lipinski definition) is 5. The lowest BCUT2D eigenvalue weighted by atomic mass is 9.84. The second kappa shape index (κ2) is 6.46. The standard InChI is InChI=1S/C22H17ClN2O4/c1-29-22(28)19-17-16(18-13-7-3-2-6-12(13)10-11-24(18)19)20(26)25(21(17)27)15-9-5-4-8-14(15)23/h2-11,16-19H,1H3/t16-,17+,18-,19-/m0/s1. The number of methoxy groups -OCH3 is 1. The van der Waals surface area contributed by atoms with Crippen LogP contribution in [0.3, 0.4) is 0 Å². The molecule has 3 heterocycles. The lowest BCUT2D eigenvalue weighted by molar-refractivity contribution is -0.148. The number of carbonyl (C=O) groups excluding carboxylic acids is 3. The lowest BCUT2D eigenvalue weighted by Gasteiger charge is -2.34. The van der Waals surface area contributed by atoms with Crippen LogP contribution in [0.25, 0.3) is 6.08 Å². The van der Waals surface area contributed by atoms with E-state index >= 15 is 0 Å². The molecule has 7 heteroatoms. The fraction of sp³-hybridized carbons (Fsp3) is 0.227. The predicted octanol–water partition coefficient (Wildman–Crippen LogP) is 3.03. The molecule has 3 aliphatic rings. The summed E-state index contributed by atoms with van der Waals surface area (Å²) in [6.07, 6.45) is 3.68. The van der Waals surface area contributed by atoms with Crippen molar-refractivity contribution in [2.75, 3.05) is 12.0 Å². The van der Waals surface area contributed by atoms with Crippen molar-refractivity contribution in [1.29, 1.82) is 0 Å². The van der Waals surface area contributed by atoms with Gasteiger partial charge in [-0.1, -0.05) is 48.0 Å². The summed E-state index contributed by atoms with van der Waals surface area (Å²) in [6, 6.07) is 13.1. The summed E-state index contributed by atoms with van der Waals surface area (Å²) < 4.78 is 5.00. The normalized spacial score (nSPS) is 27.0. The summed E-state index contributed by atoms with van der Waals surface area (Å²) in [7, 11) is 1.29. The Balaban J connectivity index is 1.67. The maximum atomic E-state index is 13.5. The molecule has 2 fully saturated rings. The molecule has 0 aliphatic carbocycles. The van der Waals surface area contributed by atoms with Gasteiger partial charge < -0.3 is 9.64 Å². The van der Waals surface area contributed by atoms with E-state index in [-0.39, 0.29) is 5.91 Å². The van der Waals surface area contributed by atoms with E-state index in [1.165, 1.54) is 7.11 Å². The van der Waals surface area contributed by atoms with Gasteiger partial charge in [0.15, 0.2) is 0 Å². The molecule has 0 bridgehead atoms. The number of anilines is 1. The molecule has 4 atom stereocenters. The quantitative estimate of drug-likeness (QED) is 0.564. The first-order chi connectivity index (χ1) is 14.0. The second-order valence-electron chi connectivity index (χ2n) is 7.32. The maximum Gasteiger partial charge on any atom is 0.329 e. The topological polar surface area (TPSA) is 66.9 Å². The van der Waals surface area contributed by atoms with Gasteiger partial charge in [-0.15, -0.1) is 0 Å². The largest absolute Gasteiger partial charge is 0.467 e. The highest BCUT2D eigenvalue weighted by molar-refractivity contribution is 6.36. The van der Waals surface area contributed by atoms with Crippen LogP contribution in [0, 0.1) is 11.8 Å². The zero-order valence-corrected chi connectivity index (χ0v) is 16.2. The third kappa shape index (κ3) is 2.39.